The molecular formula is C15H10F3NO2. The molecule has 0 aliphatic heterocycles. The molecule has 0 aliphatic carbocycles. The molecule has 0 heterocycles. The van der Waals surface area contributed by atoms with Crippen LogP contribution in [0.25, 0.3) is 0 Å². The maximum absolute atomic E-state index is 12.4. The summed E-state index contributed by atoms with van der Waals surface area (Å²) in [6, 6.07) is 11.7. The van der Waals surface area contributed by atoms with Crippen LogP contribution in [-0.2, 0) is 6.18 Å². The van der Waals surface area contributed by atoms with E-state index in [1.165, 1.54) is 12.1 Å². The van der Waals surface area contributed by atoms with Gasteiger partial charge in [0, 0.05) is 11.1 Å². The molecule has 6 heteroatoms. The molecule has 2 amide bonds. The zero-order chi connectivity index (χ0) is 15.5. The van der Waals surface area contributed by atoms with Gasteiger partial charge in [-0.3, -0.25) is 14.9 Å². The van der Waals surface area contributed by atoms with E-state index in [9.17, 15) is 22.8 Å². The van der Waals surface area contributed by atoms with Crippen molar-refractivity contribution in [3.05, 3.63) is 71.3 Å². The van der Waals surface area contributed by atoms with Crippen LogP contribution in [0.5, 0.6) is 0 Å². The van der Waals surface area contributed by atoms with Gasteiger partial charge in [0.05, 0.1) is 5.56 Å². The fourth-order valence-electron chi connectivity index (χ4n) is 1.65. The first-order chi connectivity index (χ1) is 9.88. The zero-order valence-corrected chi connectivity index (χ0v) is 10.6. The van der Waals surface area contributed by atoms with Crippen molar-refractivity contribution in [2.75, 3.05) is 0 Å². The lowest BCUT2D eigenvalue weighted by Gasteiger charge is -2.08. The molecule has 1 N–H and O–H groups in total. The molecule has 2 aromatic rings. The van der Waals surface area contributed by atoms with Gasteiger partial charge in [-0.05, 0) is 36.4 Å². The van der Waals surface area contributed by atoms with Crippen molar-refractivity contribution in [3.63, 3.8) is 0 Å². The quantitative estimate of drug-likeness (QED) is 0.864. The molecule has 0 radical (unpaired) electrons. The summed E-state index contributed by atoms with van der Waals surface area (Å²) in [5, 5.41) is 2.11. The third-order valence-electron chi connectivity index (χ3n) is 2.74. The molecule has 2 rings (SSSR count). The molecule has 0 unspecified atom stereocenters. The Hall–Kier alpha value is -2.63. The number of benzene rings is 2. The van der Waals surface area contributed by atoms with Crippen molar-refractivity contribution in [1.82, 2.24) is 5.32 Å². The first kappa shape index (κ1) is 14.8. The van der Waals surface area contributed by atoms with Gasteiger partial charge in [-0.1, -0.05) is 18.2 Å². The van der Waals surface area contributed by atoms with Crippen molar-refractivity contribution in [2.24, 2.45) is 0 Å². The van der Waals surface area contributed by atoms with E-state index in [2.05, 4.69) is 5.32 Å². The van der Waals surface area contributed by atoms with E-state index >= 15 is 0 Å². The second-order valence-electron chi connectivity index (χ2n) is 4.22. The summed E-state index contributed by atoms with van der Waals surface area (Å²) < 4.78 is 37.2. The van der Waals surface area contributed by atoms with Gasteiger partial charge in [0.15, 0.2) is 0 Å². The van der Waals surface area contributed by atoms with Gasteiger partial charge in [-0.25, -0.2) is 0 Å². The van der Waals surface area contributed by atoms with E-state index in [-0.39, 0.29) is 11.1 Å². The van der Waals surface area contributed by atoms with E-state index in [1.807, 2.05) is 0 Å². The van der Waals surface area contributed by atoms with Crippen LogP contribution >= 0.6 is 0 Å². The summed E-state index contributed by atoms with van der Waals surface area (Å²) >= 11 is 0. The highest BCUT2D eigenvalue weighted by Gasteiger charge is 2.30. The topological polar surface area (TPSA) is 46.2 Å². The van der Waals surface area contributed by atoms with E-state index in [1.54, 1.807) is 18.2 Å². The predicted molar refractivity (Wildman–Crippen MR) is 69.7 cm³/mol. The Kier molecular flexibility index (Phi) is 4.07. The molecule has 0 aromatic heterocycles. The average Bonchev–Trinajstić information content (AvgIpc) is 2.47. The average molecular weight is 293 g/mol. The number of imide groups is 1. The lowest BCUT2D eigenvalue weighted by atomic mass is 10.1. The van der Waals surface area contributed by atoms with Crippen LogP contribution in [0.2, 0.25) is 0 Å². The Balaban J connectivity index is 2.09. The minimum absolute atomic E-state index is 0.0210. The summed E-state index contributed by atoms with van der Waals surface area (Å²) in [6.07, 6.45) is -4.46. The molecule has 0 atom stereocenters. The second-order valence-corrected chi connectivity index (χ2v) is 4.22. The van der Waals surface area contributed by atoms with Gasteiger partial charge >= 0.3 is 6.18 Å². The number of amides is 2. The number of carbonyl (C=O) groups is 2. The van der Waals surface area contributed by atoms with Crippen molar-refractivity contribution in [2.45, 2.75) is 6.18 Å². The smallest absolute Gasteiger partial charge is 0.288 e. The Morgan fingerprint density at radius 1 is 0.762 bits per heavy atom. The number of rotatable bonds is 2. The van der Waals surface area contributed by atoms with E-state index in [4.69, 9.17) is 0 Å². The molecule has 0 fully saturated rings. The third-order valence-corrected chi connectivity index (χ3v) is 2.74. The lowest BCUT2D eigenvalue weighted by Crippen LogP contribution is -2.30. The Morgan fingerprint density at radius 2 is 1.24 bits per heavy atom. The molecule has 0 bridgehead atoms. The molecular weight excluding hydrogens is 283 g/mol. The SMILES string of the molecule is O=C(NC(=O)c1ccc(C(F)(F)F)cc1)c1ccccc1. The van der Waals surface area contributed by atoms with Crippen molar-refractivity contribution >= 4 is 11.8 Å². The van der Waals surface area contributed by atoms with Crippen LogP contribution in [0.4, 0.5) is 13.2 Å². The van der Waals surface area contributed by atoms with Gasteiger partial charge in [0.2, 0.25) is 0 Å². The van der Waals surface area contributed by atoms with Crippen LogP contribution in [0.3, 0.4) is 0 Å². The Morgan fingerprint density at radius 3 is 1.71 bits per heavy atom. The molecule has 0 spiro atoms. The minimum atomic E-state index is -4.46. The summed E-state index contributed by atoms with van der Waals surface area (Å²) in [6.45, 7) is 0. The highest BCUT2D eigenvalue weighted by atomic mass is 19.4. The number of carbonyl (C=O) groups excluding carboxylic acids is 2. The third kappa shape index (κ3) is 3.68. The molecule has 0 aliphatic rings. The van der Waals surface area contributed by atoms with E-state index in [0.717, 1.165) is 24.3 Å². The molecule has 0 saturated heterocycles. The molecule has 3 nitrogen and oxygen atoms in total. The number of hydrogen-bond acceptors (Lipinski definition) is 2. The summed E-state index contributed by atoms with van der Waals surface area (Å²) in [5.41, 5.74) is -0.585. The first-order valence-corrected chi connectivity index (χ1v) is 5.96. The summed E-state index contributed by atoms with van der Waals surface area (Å²) in [7, 11) is 0. The molecule has 108 valence electrons. The van der Waals surface area contributed by atoms with Crippen LogP contribution in [-0.4, -0.2) is 11.8 Å². The van der Waals surface area contributed by atoms with Gasteiger partial charge in [0.25, 0.3) is 11.8 Å². The standard InChI is InChI=1S/C15H10F3NO2/c16-15(17,18)12-8-6-11(7-9-12)14(21)19-13(20)10-4-2-1-3-5-10/h1-9H,(H,19,20,21). The maximum Gasteiger partial charge on any atom is 0.416 e. The van der Waals surface area contributed by atoms with Gasteiger partial charge in [-0.15, -0.1) is 0 Å². The summed E-state index contributed by atoms with van der Waals surface area (Å²) in [4.78, 5) is 23.5. The predicted octanol–water partition coefficient (Wildman–Crippen LogP) is 3.28. The highest BCUT2D eigenvalue weighted by Crippen LogP contribution is 2.29. The van der Waals surface area contributed by atoms with E-state index < -0.39 is 23.6 Å². The van der Waals surface area contributed by atoms with Crippen molar-refractivity contribution in [1.29, 1.82) is 0 Å². The van der Waals surface area contributed by atoms with Crippen LogP contribution in [0.1, 0.15) is 26.3 Å². The van der Waals surface area contributed by atoms with Crippen molar-refractivity contribution in [3.8, 4) is 0 Å². The normalized spacial score (nSPS) is 11.0. The number of alkyl halides is 3. The first-order valence-electron chi connectivity index (χ1n) is 5.96. The molecule has 21 heavy (non-hydrogen) atoms. The minimum Gasteiger partial charge on any atom is -0.288 e. The highest BCUT2D eigenvalue weighted by molar-refractivity contribution is 6.10. The monoisotopic (exact) mass is 293 g/mol. The zero-order valence-electron chi connectivity index (χ0n) is 10.6. The molecule has 0 saturated carbocycles. The van der Waals surface area contributed by atoms with Gasteiger partial charge in [-0.2, -0.15) is 13.2 Å². The second kappa shape index (κ2) is 5.78. The Labute approximate surface area is 118 Å². The van der Waals surface area contributed by atoms with Crippen LogP contribution < -0.4 is 5.32 Å². The largest absolute Gasteiger partial charge is 0.416 e. The van der Waals surface area contributed by atoms with E-state index in [0.29, 0.717) is 0 Å². The Bertz CT molecular complexity index is 649. The van der Waals surface area contributed by atoms with Gasteiger partial charge < -0.3 is 0 Å². The van der Waals surface area contributed by atoms with Crippen LogP contribution in [0.15, 0.2) is 54.6 Å². The number of halogens is 3. The van der Waals surface area contributed by atoms with Crippen LogP contribution in [0, 0.1) is 0 Å². The number of nitrogens with one attached hydrogen (secondary N) is 1. The molecule has 2 aromatic carbocycles. The summed E-state index contributed by atoms with van der Waals surface area (Å²) in [5.74, 6) is -1.36. The fourth-order valence-corrected chi connectivity index (χ4v) is 1.65. The van der Waals surface area contributed by atoms with Crippen molar-refractivity contribution < 1.29 is 22.8 Å². The lowest BCUT2D eigenvalue weighted by molar-refractivity contribution is -0.137. The number of hydrogen-bond donors (Lipinski definition) is 1. The maximum atomic E-state index is 12.4. The van der Waals surface area contributed by atoms with Gasteiger partial charge in [0.1, 0.15) is 0 Å². The fraction of sp³-hybridized carbons (Fsp3) is 0.0667.